The van der Waals surface area contributed by atoms with Gasteiger partial charge in [0.05, 0.1) is 0 Å². The van der Waals surface area contributed by atoms with Crippen LogP contribution in [0.3, 0.4) is 0 Å². The maximum absolute atomic E-state index is 13.4. The summed E-state index contributed by atoms with van der Waals surface area (Å²) >= 11 is 0. The van der Waals surface area contributed by atoms with E-state index in [1.54, 1.807) is 19.2 Å². The lowest BCUT2D eigenvalue weighted by Gasteiger charge is -2.12. The average molecular weight is 370 g/mol. The fourth-order valence-electron chi connectivity index (χ4n) is 3.15. The molecule has 3 rings (SSSR count). The predicted octanol–water partition coefficient (Wildman–Crippen LogP) is 3.00. The molecule has 0 saturated heterocycles. The minimum absolute atomic E-state index is 0.209. The molecule has 3 N–H and O–H groups in total. The first kappa shape index (κ1) is 18.9. The first-order chi connectivity index (χ1) is 13.2. The van der Waals surface area contributed by atoms with Crippen molar-refractivity contribution in [1.82, 2.24) is 25.2 Å². The van der Waals surface area contributed by atoms with Crippen LogP contribution < -0.4 is 10.6 Å². The number of aromatic amines is 1. The highest BCUT2D eigenvalue weighted by Crippen LogP contribution is 2.19. The molecule has 0 spiro atoms. The van der Waals surface area contributed by atoms with Gasteiger partial charge in [-0.2, -0.15) is 0 Å². The molecule has 0 atom stereocenters. The summed E-state index contributed by atoms with van der Waals surface area (Å²) in [6.45, 7) is 4.60. The first-order valence-electron chi connectivity index (χ1n) is 9.35. The highest BCUT2D eigenvalue weighted by Gasteiger charge is 2.05. The van der Waals surface area contributed by atoms with Crippen molar-refractivity contribution in [3.8, 4) is 0 Å². The molecular weight excluding hydrogens is 343 g/mol. The van der Waals surface area contributed by atoms with Gasteiger partial charge in [0.2, 0.25) is 0 Å². The van der Waals surface area contributed by atoms with E-state index >= 15 is 0 Å². The number of hydrogen-bond acceptors (Lipinski definition) is 2. The smallest absolute Gasteiger partial charge is 0.190 e. The fraction of sp³-hybridized carbons (Fsp3) is 0.400. The normalized spacial score (nSPS) is 11.9. The lowest BCUT2D eigenvalue weighted by molar-refractivity contribution is 0.588. The number of H-pyrrole nitrogens is 1. The van der Waals surface area contributed by atoms with Gasteiger partial charge in [-0.25, -0.2) is 9.37 Å². The van der Waals surface area contributed by atoms with E-state index in [9.17, 15) is 4.39 Å². The summed E-state index contributed by atoms with van der Waals surface area (Å²) in [4.78, 5) is 11.7. The van der Waals surface area contributed by atoms with E-state index in [1.165, 1.54) is 6.07 Å². The van der Waals surface area contributed by atoms with Gasteiger partial charge < -0.3 is 20.2 Å². The van der Waals surface area contributed by atoms with Crippen molar-refractivity contribution in [3.63, 3.8) is 0 Å². The number of nitrogens with one attached hydrogen (secondary N) is 3. The third-order valence-electron chi connectivity index (χ3n) is 4.68. The lowest BCUT2D eigenvalue weighted by Crippen LogP contribution is -2.38. The second kappa shape index (κ2) is 9.21. The first-order valence-corrected chi connectivity index (χ1v) is 9.35. The van der Waals surface area contributed by atoms with Gasteiger partial charge in [0, 0.05) is 56.2 Å². The molecule has 3 aromatic rings. The third kappa shape index (κ3) is 5.09. The van der Waals surface area contributed by atoms with Crippen molar-refractivity contribution >= 4 is 16.9 Å². The predicted molar refractivity (Wildman–Crippen MR) is 108 cm³/mol. The van der Waals surface area contributed by atoms with Crippen LogP contribution in [0.25, 0.3) is 10.9 Å². The molecule has 0 saturated carbocycles. The zero-order chi connectivity index (χ0) is 19.1. The molecule has 0 amide bonds. The van der Waals surface area contributed by atoms with Crippen LogP contribution in [0.2, 0.25) is 0 Å². The van der Waals surface area contributed by atoms with Crippen LogP contribution in [0.15, 0.2) is 41.8 Å². The summed E-state index contributed by atoms with van der Waals surface area (Å²) in [5.41, 5.74) is 2.06. The van der Waals surface area contributed by atoms with Crippen molar-refractivity contribution in [2.75, 3.05) is 20.1 Å². The minimum Gasteiger partial charge on any atom is -0.361 e. The quantitative estimate of drug-likeness (QED) is 0.324. The summed E-state index contributed by atoms with van der Waals surface area (Å²) in [7, 11) is 1.77. The molecule has 0 bridgehead atoms. The van der Waals surface area contributed by atoms with Gasteiger partial charge in [-0.15, -0.1) is 0 Å². The van der Waals surface area contributed by atoms with Crippen LogP contribution in [0, 0.1) is 12.7 Å². The number of imidazole rings is 1. The van der Waals surface area contributed by atoms with Gasteiger partial charge in [-0.1, -0.05) is 0 Å². The van der Waals surface area contributed by atoms with Gasteiger partial charge in [-0.05, 0) is 49.9 Å². The van der Waals surface area contributed by atoms with Crippen LogP contribution in [0.1, 0.15) is 24.2 Å². The zero-order valence-corrected chi connectivity index (χ0v) is 15.9. The second-order valence-corrected chi connectivity index (χ2v) is 6.55. The number of aliphatic imine (C=N–C) groups is 1. The van der Waals surface area contributed by atoms with Crippen molar-refractivity contribution in [2.24, 2.45) is 4.99 Å². The molecule has 7 heteroatoms. The Morgan fingerprint density at radius 3 is 2.89 bits per heavy atom. The Balaban J connectivity index is 1.37. The summed E-state index contributed by atoms with van der Waals surface area (Å²) < 4.78 is 15.6. The maximum atomic E-state index is 13.4. The number of guanidine groups is 1. The number of benzene rings is 1. The minimum atomic E-state index is -0.209. The highest BCUT2D eigenvalue weighted by atomic mass is 19.1. The van der Waals surface area contributed by atoms with E-state index in [0.29, 0.717) is 0 Å². The van der Waals surface area contributed by atoms with Crippen molar-refractivity contribution in [2.45, 2.75) is 32.7 Å². The Morgan fingerprint density at radius 2 is 2.11 bits per heavy atom. The van der Waals surface area contributed by atoms with Crippen LogP contribution in [0.5, 0.6) is 0 Å². The summed E-state index contributed by atoms with van der Waals surface area (Å²) in [5, 5.41) is 7.59. The standard InChI is InChI=1S/C20H27FN6/c1-15-23-10-12-27(15)11-4-3-8-24-20(22-2)25-9-7-16-14-26-19-6-5-17(21)13-18(16)19/h5-6,10,12-14,26H,3-4,7-9,11H2,1-2H3,(H2,22,24,25). The second-order valence-electron chi connectivity index (χ2n) is 6.55. The topological polar surface area (TPSA) is 70.0 Å². The molecular formula is C20H27FN6. The largest absolute Gasteiger partial charge is 0.361 e. The van der Waals surface area contributed by atoms with Gasteiger partial charge in [-0.3, -0.25) is 4.99 Å². The fourth-order valence-corrected chi connectivity index (χ4v) is 3.15. The van der Waals surface area contributed by atoms with Crippen molar-refractivity contribution in [3.05, 3.63) is 54.0 Å². The van der Waals surface area contributed by atoms with E-state index in [4.69, 9.17) is 0 Å². The Bertz CT molecular complexity index is 895. The van der Waals surface area contributed by atoms with E-state index in [-0.39, 0.29) is 5.82 Å². The number of rotatable bonds is 8. The van der Waals surface area contributed by atoms with E-state index in [1.807, 2.05) is 25.5 Å². The summed E-state index contributed by atoms with van der Waals surface area (Å²) in [6, 6.07) is 4.82. The Hall–Kier alpha value is -2.83. The van der Waals surface area contributed by atoms with Crippen LogP contribution in [-0.4, -0.2) is 40.6 Å². The molecule has 27 heavy (non-hydrogen) atoms. The number of hydrogen-bond donors (Lipinski definition) is 3. The molecule has 0 aliphatic rings. The number of halogens is 1. The number of nitrogens with zero attached hydrogens (tertiary/aromatic N) is 3. The van der Waals surface area contributed by atoms with Crippen LogP contribution >= 0.6 is 0 Å². The van der Waals surface area contributed by atoms with Crippen molar-refractivity contribution in [1.29, 1.82) is 0 Å². The number of aryl methyl sites for hydroxylation is 2. The summed E-state index contributed by atoms with van der Waals surface area (Å²) in [5.74, 6) is 1.64. The number of aromatic nitrogens is 3. The third-order valence-corrected chi connectivity index (χ3v) is 4.68. The molecule has 2 aromatic heterocycles. The maximum Gasteiger partial charge on any atom is 0.190 e. The van der Waals surface area contributed by atoms with Gasteiger partial charge in [0.25, 0.3) is 0 Å². The molecule has 0 unspecified atom stereocenters. The Kier molecular flexibility index (Phi) is 6.46. The van der Waals surface area contributed by atoms with E-state index < -0.39 is 0 Å². The SMILES string of the molecule is CN=C(NCCCCn1ccnc1C)NCCc1c[nH]c2ccc(F)cc12. The average Bonchev–Trinajstić information content (AvgIpc) is 3.26. The Morgan fingerprint density at radius 1 is 1.26 bits per heavy atom. The van der Waals surface area contributed by atoms with Crippen molar-refractivity contribution < 1.29 is 4.39 Å². The van der Waals surface area contributed by atoms with E-state index in [0.717, 1.165) is 67.1 Å². The molecule has 1 aromatic carbocycles. The monoisotopic (exact) mass is 370 g/mol. The molecule has 0 aliphatic carbocycles. The lowest BCUT2D eigenvalue weighted by atomic mass is 10.1. The molecule has 0 aliphatic heterocycles. The molecule has 0 fully saturated rings. The van der Waals surface area contributed by atoms with Gasteiger partial charge in [0.15, 0.2) is 5.96 Å². The van der Waals surface area contributed by atoms with Crippen LogP contribution in [0.4, 0.5) is 4.39 Å². The molecule has 144 valence electrons. The number of unbranched alkanes of at least 4 members (excludes halogenated alkanes) is 1. The van der Waals surface area contributed by atoms with E-state index in [2.05, 4.69) is 30.2 Å². The highest BCUT2D eigenvalue weighted by molar-refractivity contribution is 5.83. The zero-order valence-electron chi connectivity index (χ0n) is 15.9. The van der Waals surface area contributed by atoms with Gasteiger partial charge in [0.1, 0.15) is 11.6 Å². The summed E-state index contributed by atoms with van der Waals surface area (Å²) in [6.07, 6.45) is 8.73. The molecule has 2 heterocycles. The number of fused-ring (bicyclic) bond motifs is 1. The Labute approximate surface area is 158 Å². The molecule has 0 radical (unpaired) electrons. The van der Waals surface area contributed by atoms with Crippen LogP contribution in [-0.2, 0) is 13.0 Å². The van der Waals surface area contributed by atoms with Gasteiger partial charge >= 0.3 is 0 Å². The molecule has 6 nitrogen and oxygen atoms in total.